The third-order valence-corrected chi connectivity index (χ3v) is 4.76. The van der Waals surface area contributed by atoms with E-state index in [-0.39, 0.29) is 0 Å². The molecule has 0 amide bonds. The standard InChI is InChI=1S/C9H19ClNP/c1-8(2)6-5-7-9(3,4)11(8)12-10/h12H,5-7H2,1-4H3. The van der Waals surface area contributed by atoms with Crippen LogP contribution in [0, 0.1) is 0 Å². The molecule has 3 heteroatoms. The molecule has 1 atom stereocenters. The quantitative estimate of drug-likeness (QED) is 0.592. The molecule has 1 rings (SSSR count). The molecule has 1 fully saturated rings. The smallest absolute Gasteiger partial charge is 0.0488 e. The molecule has 72 valence electrons. The second kappa shape index (κ2) is 3.44. The summed E-state index contributed by atoms with van der Waals surface area (Å²) >= 11 is 6.00. The SMILES string of the molecule is CC1(C)CCCC(C)(C)N1PCl. The van der Waals surface area contributed by atoms with Crippen LogP contribution in [0.4, 0.5) is 0 Å². The molecular weight excluding hydrogens is 189 g/mol. The van der Waals surface area contributed by atoms with Crippen molar-refractivity contribution in [3.8, 4) is 0 Å². The summed E-state index contributed by atoms with van der Waals surface area (Å²) in [5.74, 6) is 0. The van der Waals surface area contributed by atoms with E-state index < -0.39 is 0 Å². The Morgan fingerprint density at radius 3 is 1.75 bits per heavy atom. The first-order chi connectivity index (χ1) is 5.40. The third-order valence-electron chi connectivity index (χ3n) is 2.87. The Kier molecular flexibility index (Phi) is 3.08. The zero-order chi connectivity index (χ0) is 9.41. The van der Waals surface area contributed by atoms with E-state index in [1.54, 1.807) is 0 Å². The third kappa shape index (κ3) is 1.95. The van der Waals surface area contributed by atoms with Crippen LogP contribution in [0.2, 0.25) is 0 Å². The van der Waals surface area contributed by atoms with E-state index in [0.29, 0.717) is 19.2 Å². The predicted molar refractivity (Wildman–Crippen MR) is 58.0 cm³/mol. The summed E-state index contributed by atoms with van der Waals surface area (Å²) < 4.78 is 2.44. The Balaban J connectivity index is 2.81. The molecule has 1 heterocycles. The second-order valence-corrected chi connectivity index (χ2v) is 6.02. The van der Waals surface area contributed by atoms with Gasteiger partial charge in [0.15, 0.2) is 0 Å². The molecule has 0 radical (unpaired) electrons. The van der Waals surface area contributed by atoms with Crippen molar-refractivity contribution in [2.45, 2.75) is 58.0 Å². The van der Waals surface area contributed by atoms with Gasteiger partial charge in [-0.25, -0.2) is 0 Å². The maximum Gasteiger partial charge on any atom is 0.0488 e. The molecule has 1 saturated heterocycles. The van der Waals surface area contributed by atoms with Crippen molar-refractivity contribution in [2.24, 2.45) is 0 Å². The number of piperidine rings is 1. The van der Waals surface area contributed by atoms with Crippen molar-refractivity contribution in [3.63, 3.8) is 0 Å². The topological polar surface area (TPSA) is 3.24 Å². The largest absolute Gasteiger partial charge is 0.261 e. The van der Waals surface area contributed by atoms with Crippen LogP contribution in [0.5, 0.6) is 0 Å². The lowest BCUT2D eigenvalue weighted by Crippen LogP contribution is -2.53. The van der Waals surface area contributed by atoms with Gasteiger partial charge in [-0.2, -0.15) is 0 Å². The average molecular weight is 208 g/mol. The van der Waals surface area contributed by atoms with E-state index in [4.69, 9.17) is 11.2 Å². The van der Waals surface area contributed by atoms with Gasteiger partial charge >= 0.3 is 0 Å². The Bertz CT molecular complexity index is 152. The van der Waals surface area contributed by atoms with Crippen LogP contribution in [0.25, 0.3) is 0 Å². The summed E-state index contributed by atoms with van der Waals surface area (Å²) in [5.41, 5.74) is 0.587. The molecule has 0 aromatic heterocycles. The summed E-state index contributed by atoms with van der Waals surface area (Å²) in [6, 6.07) is 0. The van der Waals surface area contributed by atoms with E-state index in [2.05, 4.69) is 32.4 Å². The van der Waals surface area contributed by atoms with Crippen LogP contribution < -0.4 is 0 Å². The Morgan fingerprint density at radius 2 is 1.50 bits per heavy atom. The maximum atomic E-state index is 6.00. The van der Waals surface area contributed by atoms with Gasteiger partial charge in [-0.1, -0.05) is 11.2 Å². The number of hydrogen-bond acceptors (Lipinski definition) is 1. The molecule has 0 aromatic carbocycles. The van der Waals surface area contributed by atoms with Crippen molar-refractivity contribution in [3.05, 3.63) is 0 Å². The molecule has 0 aliphatic carbocycles. The van der Waals surface area contributed by atoms with Crippen LogP contribution in [0.15, 0.2) is 0 Å². The molecule has 12 heavy (non-hydrogen) atoms. The normalized spacial score (nSPS) is 29.8. The lowest BCUT2D eigenvalue weighted by Gasteiger charge is -2.51. The maximum absolute atomic E-state index is 6.00. The van der Waals surface area contributed by atoms with Crippen LogP contribution in [0.3, 0.4) is 0 Å². The van der Waals surface area contributed by atoms with E-state index in [0.717, 1.165) is 0 Å². The summed E-state index contributed by atoms with van der Waals surface area (Å²) in [4.78, 5) is 0. The summed E-state index contributed by atoms with van der Waals surface area (Å²) in [7, 11) is 0.415. The highest BCUT2D eigenvalue weighted by molar-refractivity contribution is 7.66. The highest BCUT2D eigenvalue weighted by Gasteiger charge is 2.40. The number of halogens is 1. The van der Waals surface area contributed by atoms with Gasteiger partial charge < -0.3 is 0 Å². The minimum atomic E-state index is 0.294. The van der Waals surface area contributed by atoms with Gasteiger partial charge in [-0.3, -0.25) is 4.67 Å². The highest BCUT2D eigenvalue weighted by Crippen LogP contribution is 2.46. The lowest BCUT2D eigenvalue weighted by molar-refractivity contribution is 0.0653. The fourth-order valence-corrected chi connectivity index (χ4v) is 4.28. The first-order valence-electron chi connectivity index (χ1n) is 4.57. The molecule has 1 aliphatic rings. The lowest BCUT2D eigenvalue weighted by atomic mass is 9.83. The van der Waals surface area contributed by atoms with Gasteiger partial charge in [0, 0.05) is 19.2 Å². The van der Waals surface area contributed by atoms with E-state index >= 15 is 0 Å². The Morgan fingerprint density at radius 1 is 1.08 bits per heavy atom. The minimum absolute atomic E-state index is 0.294. The molecule has 0 aromatic rings. The molecule has 0 N–H and O–H groups in total. The predicted octanol–water partition coefficient (Wildman–Crippen LogP) is 3.78. The van der Waals surface area contributed by atoms with Crippen LogP contribution in [-0.4, -0.2) is 15.7 Å². The molecule has 0 saturated carbocycles. The molecule has 0 spiro atoms. The van der Waals surface area contributed by atoms with Crippen LogP contribution >= 0.6 is 19.3 Å². The van der Waals surface area contributed by atoms with Crippen LogP contribution in [-0.2, 0) is 0 Å². The Labute approximate surface area is 82.5 Å². The van der Waals surface area contributed by atoms with Crippen molar-refractivity contribution >= 4 is 19.3 Å². The molecule has 1 unspecified atom stereocenters. The van der Waals surface area contributed by atoms with Crippen molar-refractivity contribution in [1.82, 2.24) is 4.67 Å². The van der Waals surface area contributed by atoms with Gasteiger partial charge in [0.2, 0.25) is 0 Å². The number of nitrogens with zero attached hydrogens (tertiary/aromatic N) is 1. The monoisotopic (exact) mass is 207 g/mol. The summed E-state index contributed by atoms with van der Waals surface area (Å²) in [6.07, 6.45) is 3.88. The first-order valence-corrected chi connectivity index (χ1v) is 6.53. The van der Waals surface area contributed by atoms with Crippen molar-refractivity contribution < 1.29 is 0 Å². The second-order valence-electron chi connectivity index (χ2n) is 4.90. The minimum Gasteiger partial charge on any atom is -0.261 e. The van der Waals surface area contributed by atoms with Crippen LogP contribution in [0.1, 0.15) is 47.0 Å². The van der Waals surface area contributed by atoms with Crippen molar-refractivity contribution in [2.75, 3.05) is 0 Å². The molecule has 1 aliphatic heterocycles. The van der Waals surface area contributed by atoms with E-state index in [1.165, 1.54) is 19.3 Å². The van der Waals surface area contributed by atoms with Gasteiger partial charge in [0.05, 0.1) is 0 Å². The van der Waals surface area contributed by atoms with Gasteiger partial charge in [-0.15, -0.1) is 0 Å². The van der Waals surface area contributed by atoms with Gasteiger partial charge in [0.25, 0.3) is 0 Å². The highest BCUT2D eigenvalue weighted by atomic mass is 35.7. The Hall–Kier alpha value is 0.680. The number of rotatable bonds is 1. The molecular formula is C9H19ClNP. The zero-order valence-corrected chi connectivity index (χ0v) is 10.2. The van der Waals surface area contributed by atoms with E-state index in [9.17, 15) is 0 Å². The average Bonchev–Trinajstić information content (AvgIpc) is 1.83. The van der Waals surface area contributed by atoms with Crippen molar-refractivity contribution in [1.29, 1.82) is 0 Å². The fourth-order valence-electron chi connectivity index (χ4n) is 2.23. The fraction of sp³-hybridized carbons (Fsp3) is 1.00. The molecule has 0 bridgehead atoms. The zero-order valence-electron chi connectivity index (χ0n) is 8.45. The summed E-state index contributed by atoms with van der Waals surface area (Å²) in [5, 5.41) is 0. The van der Waals surface area contributed by atoms with E-state index in [1.807, 2.05) is 0 Å². The van der Waals surface area contributed by atoms with Gasteiger partial charge in [0.1, 0.15) is 0 Å². The first kappa shape index (κ1) is 10.8. The molecule has 1 nitrogen and oxygen atoms in total. The van der Waals surface area contributed by atoms with Gasteiger partial charge in [-0.05, 0) is 47.0 Å². The number of hydrogen-bond donors (Lipinski definition) is 0. The summed E-state index contributed by atoms with van der Waals surface area (Å²) in [6.45, 7) is 9.18.